The first-order chi connectivity index (χ1) is 8.41. The number of carboxylic acid groups (broad SMARTS) is 1. The summed E-state index contributed by atoms with van der Waals surface area (Å²) in [5, 5.41) is 13.0. The van der Waals surface area contributed by atoms with Gasteiger partial charge in [0, 0.05) is 6.54 Å². The topological polar surface area (TPSA) is 105 Å². The largest absolute Gasteiger partial charge is 0.480 e. The van der Waals surface area contributed by atoms with Gasteiger partial charge in [0.15, 0.2) is 0 Å². The molecule has 1 saturated carbocycles. The van der Waals surface area contributed by atoms with Gasteiger partial charge in [0.1, 0.15) is 13.2 Å². The number of aliphatic carboxylic acids is 1. The second-order valence-corrected chi connectivity index (χ2v) is 4.78. The van der Waals surface area contributed by atoms with E-state index >= 15 is 0 Å². The number of rotatable bonds is 6. The minimum absolute atomic E-state index is 0.139. The monoisotopic (exact) mass is 258 g/mol. The van der Waals surface area contributed by atoms with Crippen LogP contribution in [0, 0.1) is 5.41 Å². The van der Waals surface area contributed by atoms with Crippen molar-refractivity contribution >= 4 is 17.9 Å². The Hall–Kier alpha value is -1.63. The van der Waals surface area contributed by atoms with Crippen LogP contribution >= 0.6 is 0 Å². The molecule has 1 rings (SSSR count). The molecule has 7 nitrogen and oxygen atoms in total. The Bertz CT molecular complexity index is 338. The zero-order chi connectivity index (χ0) is 13.6. The number of imide groups is 1. The van der Waals surface area contributed by atoms with Gasteiger partial charge in [0.2, 0.25) is 0 Å². The molecular weight excluding hydrogens is 240 g/mol. The van der Waals surface area contributed by atoms with Gasteiger partial charge >= 0.3 is 12.0 Å². The summed E-state index contributed by atoms with van der Waals surface area (Å²) in [5.41, 5.74) is 0.139. The van der Waals surface area contributed by atoms with Crippen molar-refractivity contribution in [3.05, 3.63) is 0 Å². The Kier molecular flexibility index (Phi) is 5.08. The van der Waals surface area contributed by atoms with Crippen molar-refractivity contribution in [1.82, 2.24) is 10.6 Å². The zero-order valence-corrected chi connectivity index (χ0v) is 10.3. The average molecular weight is 258 g/mol. The molecule has 0 aromatic rings. The van der Waals surface area contributed by atoms with Crippen LogP contribution in [0.15, 0.2) is 0 Å². The van der Waals surface area contributed by atoms with Crippen LogP contribution in [-0.4, -0.2) is 42.8 Å². The van der Waals surface area contributed by atoms with Crippen LogP contribution in [-0.2, 0) is 14.3 Å². The maximum Gasteiger partial charge on any atom is 0.329 e. The van der Waals surface area contributed by atoms with Crippen LogP contribution in [0.4, 0.5) is 4.79 Å². The highest BCUT2D eigenvalue weighted by atomic mass is 16.5. The lowest BCUT2D eigenvalue weighted by molar-refractivity contribution is -0.143. The molecule has 0 unspecified atom stereocenters. The highest BCUT2D eigenvalue weighted by Gasteiger charge is 2.31. The standard InChI is InChI=1S/C11H18N2O5/c1-11(3-2-4-11)7-12-10(17)13-8(14)5-18-6-9(15)16/h2-7H2,1H3,(H,15,16)(H2,12,13,14,17). The van der Waals surface area contributed by atoms with Gasteiger partial charge in [-0.3, -0.25) is 10.1 Å². The first-order valence-corrected chi connectivity index (χ1v) is 5.78. The summed E-state index contributed by atoms with van der Waals surface area (Å²) >= 11 is 0. The van der Waals surface area contributed by atoms with E-state index in [9.17, 15) is 14.4 Å². The minimum Gasteiger partial charge on any atom is -0.480 e. The van der Waals surface area contributed by atoms with E-state index in [-0.39, 0.29) is 5.41 Å². The van der Waals surface area contributed by atoms with Crippen LogP contribution in [0.1, 0.15) is 26.2 Å². The van der Waals surface area contributed by atoms with E-state index in [1.165, 1.54) is 6.42 Å². The molecule has 0 heterocycles. The number of urea groups is 1. The third-order valence-electron chi connectivity index (χ3n) is 2.95. The average Bonchev–Trinajstić information content (AvgIpc) is 2.23. The van der Waals surface area contributed by atoms with Crippen molar-refractivity contribution < 1.29 is 24.2 Å². The minimum atomic E-state index is -1.16. The number of carboxylic acids is 1. The second kappa shape index (κ2) is 6.34. The van der Waals surface area contributed by atoms with Crippen LogP contribution in [0.5, 0.6) is 0 Å². The van der Waals surface area contributed by atoms with E-state index in [1.54, 1.807) is 0 Å². The molecule has 0 spiro atoms. The summed E-state index contributed by atoms with van der Waals surface area (Å²) in [6.07, 6.45) is 3.31. The van der Waals surface area contributed by atoms with Crippen molar-refractivity contribution in [2.45, 2.75) is 26.2 Å². The van der Waals surface area contributed by atoms with Gasteiger partial charge in [-0.15, -0.1) is 0 Å². The normalized spacial score (nSPS) is 16.5. The molecule has 0 aromatic heterocycles. The number of ether oxygens (including phenoxy) is 1. The van der Waals surface area contributed by atoms with Gasteiger partial charge in [-0.05, 0) is 18.3 Å². The molecule has 0 atom stereocenters. The van der Waals surface area contributed by atoms with Crippen molar-refractivity contribution in [3.63, 3.8) is 0 Å². The van der Waals surface area contributed by atoms with Gasteiger partial charge in [0.05, 0.1) is 0 Å². The predicted molar refractivity (Wildman–Crippen MR) is 62.0 cm³/mol. The second-order valence-electron chi connectivity index (χ2n) is 4.78. The van der Waals surface area contributed by atoms with Crippen LogP contribution in [0.25, 0.3) is 0 Å². The summed E-state index contributed by atoms with van der Waals surface area (Å²) in [6.45, 7) is 1.60. The van der Waals surface area contributed by atoms with Crippen LogP contribution in [0.2, 0.25) is 0 Å². The summed E-state index contributed by atoms with van der Waals surface area (Å²) in [7, 11) is 0. The maximum absolute atomic E-state index is 11.3. The first kappa shape index (κ1) is 14.4. The molecule has 0 saturated heterocycles. The summed E-state index contributed by atoms with van der Waals surface area (Å²) in [4.78, 5) is 32.6. The Morgan fingerprint density at radius 2 is 1.94 bits per heavy atom. The van der Waals surface area contributed by atoms with Gasteiger partial charge < -0.3 is 15.2 Å². The molecule has 0 bridgehead atoms. The summed E-state index contributed by atoms with van der Waals surface area (Å²) in [6, 6.07) is -0.577. The molecule has 1 fully saturated rings. The van der Waals surface area contributed by atoms with Crippen molar-refractivity contribution in [2.24, 2.45) is 5.41 Å². The van der Waals surface area contributed by atoms with Crippen LogP contribution in [0.3, 0.4) is 0 Å². The number of nitrogens with one attached hydrogen (secondary N) is 2. The Morgan fingerprint density at radius 3 is 2.44 bits per heavy atom. The first-order valence-electron chi connectivity index (χ1n) is 5.78. The SMILES string of the molecule is CC1(CNC(=O)NC(=O)COCC(=O)O)CCC1. The van der Waals surface area contributed by atoms with E-state index in [0.29, 0.717) is 6.54 Å². The number of hydrogen-bond acceptors (Lipinski definition) is 4. The van der Waals surface area contributed by atoms with E-state index in [1.807, 2.05) is 0 Å². The summed E-state index contributed by atoms with van der Waals surface area (Å²) in [5.74, 6) is -1.82. The highest BCUT2D eigenvalue weighted by molar-refractivity contribution is 5.94. The molecule has 0 radical (unpaired) electrons. The Labute approximate surface area is 105 Å². The van der Waals surface area contributed by atoms with Crippen molar-refractivity contribution in [1.29, 1.82) is 0 Å². The fourth-order valence-corrected chi connectivity index (χ4v) is 1.69. The molecule has 1 aliphatic rings. The van der Waals surface area contributed by atoms with Crippen molar-refractivity contribution in [3.8, 4) is 0 Å². The lowest BCUT2D eigenvalue weighted by atomic mass is 9.70. The van der Waals surface area contributed by atoms with E-state index in [0.717, 1.165) is 12.8 Å². The molecule has 7 heteroatoms. The predicted octanol–water partition coefficient (Wildman–Crippen LogP) is 0.104. The number of carbonyl (C=O) groups is 3. The molecule has 0 aromatic carbocycles. The number of carbonyl (C=O) groups excluding carboxylic acids is 2. The lowest BCUT2D eigenvalue weighted by Gasteiger charge is -2.38. The van der Waals surface area contributed by atoms with Gasteiger partial charge in [-0.1, -0.05) is 13.3 Å². The van der Waals surface area contributed by atoms with Gasteiger partial charge in [-0.2, -0.15) is 0 Å². The van der Waals surface area contributed by atoms with Crippen LogP contribution < -0.4 is 10.6 Å². The third-order valence-corrected chi connectivity index (χ3v) is 2.95. The Balaban J connectivity index is 2.11. The van der Waals surface area contributed by atoms with Gasteiger partial charge in [0.25, 0.3) is 5.91 Å². The quantitative estimate of drug-likeness (QED) is 0.627. The molecule has 3 N–H and O–H groups in total. The van der Waals surface area contributed by atoms with E-state index < -0.39 is 31.1 Å². The zero-order valence-electron chi connectivity index (χ0n) is 10.3. The van der Waals surface area contributed by atoms with E-state index in [2.05, 4.69) is 22.3 Å². The molecule has 18 heavy (non-hydrogen) atoms. The third kappa shape index (κ3) is 5.13. The molecule has 0 aliphatic heterocycles. The smallest absolute Gasteiger partial charge is 0.329 e. The maximum atomic E-state index is 11.3. The highest BCUT2D eigenvalue weighted by Crippen LogP contribution is 2.39. The lowest BCUT2D eigenvalue weighted by Crippen LogP contribution is -2.46. The fraction of sp³-hybridized carbons (Fsp3) is 0.727. The molecule has 3 amide bonds. The molecule has 1 aliphatic carbocycles. The Morgan fingerprint density at radius 1 is 1.28 bits per heavy atom. The fourth-order valence-electron chi connectivity index (χ4n) is 1.69. The molecule has 102 valence electrons. The molecular formula is C11H18N2O5. The van der Waals surface area contributed by atoms with Crippen molar-refractivity contribution in [2.75, 3.05) is 19.8 Å². The number of hydrogen-bond donors (Lipinski definition) is 3. The van der Waals surface area contributed by atoms with E-state index in [4.69, 9.17) is 5.11 Å². The number of amides is 3. The summed E-state index contributed by atoms with van der Waals surface area (Å²) < 4.78 is 4.54. The van der Waals surface area contributed by atoms with Gasteiger partial charge in [-0.25, -0.2) is 9.59 Å².